The van der Waals surface area contributed by atoms with Crippen molar-refractivity contribution in [3.63, 3.8) is 0 Å². The molecule has 3 aromatic rings. The highest BCUT2D eigenvalue weighted by Crippen LogP contribution is 2.36. The van der Waals surface area contributed by atoms with Gasteiger partial charge >= 0.3 is 0 Å². The Labute approximate surface area is 184 Å². The molecule has 2 heterocycles. The molecule has 4 rings (SSSR count). The van der Waals surface area contributed by atoms with Crippen LogP contribution in [0.15, 0.2) is 66.0 Å². The first kappa shape index (κ1) is 21.0. The van der Waals surface area contributed by atoms with E-state index in [1.807, 2.05) is 6.07 Å². The Morgan fingerprint density at radius 2 is 1.67 bits per heavy atom. The van der Waals surface area contributed by atoms with E-state index in [-0.39, 0.29) is 5.92 Å². The van der Waals surface area contributed by atoms with Crippen LogP contribution < -0.4 is 9.47 Å². The van der Waals surface area contributed by atoms with Crippen LogP contribution in [0, 0.1) is 0 Å². The molecule has 1 aromatic heterocycles. The topological polar surface area (TPSA) is 21.7 Å². The molecule has 0 amide bonds. The Morgan fingerprint density at radius 3 is 2.37 bits per heavy atom. The van der Waals surface area contributed by atoms with Crippen molar-refractivity contribution in [3.05, 3.63) is 82.0 Å². The smallest absolute Gasteiger partial charge is 0.119 e. The highest BCUT2D eigenvalue weighted by molar-refractivity contribution is 7.10. The molecule has 3 nitrogen and oxygen atoms in total. The summed E-state index contributed by atoms with van der Waals surface area (Å²) in [7, 11) is 1.72. The maximum Gasteiger partial charge on any atom is 0.119 e. The minimum Gasteiger partial charge on any atom is -0.497 e. The van der Waals surface area contributed by atoms with E-state index in [0.717, 1.165) is 24.7 Å². The summed E-state index contributed by atoms with van der Waals surface area (Å²) >= 11 is 1.79. The summed E-state index contributed by atoms with van der Waals surface area (Å²) in [5, 5.41) is 2.14. The van der Waals surface area contributed by atoms with Crippen molar-refractivity contribution in [3.8, 4) is 11.5 Å². The third-order valence-corrected chi connectivity index (χ3v) is 6.78. The van der Waals surface area contributed by atoms with Gasteiger partial charge in [-0.15, -0.1) is 11.3 Å². The fraction of sp³-hybridized carbons (Fsp3) is 0.385. The minimum atomic E-state index is 0.200. The normalized spacial score (nSPS) is 16.0. The van der Waals surface area contributed by atoms with Crippen molar-refractivity contribution < 1.29 is 9.47 Å². The lowest BCUT2D eigenvalue weighted by Gasteiger charge is -2.20. The summed E-state index contributed by atoms with van der Waals surface area (Å²) in [5.74, 6) is 2.04. The van der Waals surface area contributed by atoms with Crippen molar-refractivity contribution in [2.75, 3.05) is 33.4 Å². The molecule has 0 N–H and O–H groups in total. The predicted octanol–water partition coefficient (Wildman–Crippen LogP) is 6.19. The first-order chi connectivity index (χ1) is 14.8. The molecule has 30 heavy (non-hydrogen) atoms. The van der Waals surface area contributed by atoms with Crippen LogP contribution >= 0.6 is 11.3 Å². The quantitative estimate of drug-likeness (QED) is 0.433. The Balaban J connectivity index is 1.44. The van der Waals surface area contributed by atoms with Crippen LogP contribution in [-0.4, -0.2) is 38.3 Å². The monoisotopic (exact) mass is 421 g/mol. The highest BCUT2D eigenvalue weighted by atomic mass is 32.1. The molecule has 1 aliphatic rings. The number of benzene rings is 2. The zero-order valence-electron chi connectivity index (χ0n) is 17.8. The molecule has 0 saturated carbocycles. The molecule has 0 radical (unpaired) electrons. The van der Waals surface area contributed by atoms with Crippen molar-refractivity contribution in [1.29, 1.82) is 0 Å². The molecular weight excluding hydrogens is 390 g/mol. The van der Waals surface area contributed by atoms with Gasteiger partial charge in [0.2, 0.25) is 0 Å². The Bertz CT molecular complexity index is 884. The third-order valence-electron chi connectivity index (χ3n) is 5.84. The largest absolute Gasteiger partial charge is 0.497 e. The van der Waals surface area contributed by atoms with Crippen LogP contribution in [0.5, 0.6) is 11.5 Å². The van der Waals surface area contributed by atoms with E-state index in [1.54, 1.807) is 18.4 Å². The van der Waals surface area contributed by atoms with E-state index in [2.05, 4.69) is 64.9 Å². The van der Waals surface area contributed by atoms with Crippen LogP contribution in [0.25, 0.3) is 0 Å². The SMILES string of the molecule is COc1cccc(C(c2ccc(OCCN3CCCCCC3)cc2)c2cccs2)c1. The average molecular weight is 422 g/mol. The highest BCUT2D eigenvalue weighted by Gasteiger charge is 2.18. The van der Waals surface area contributed by atoms with Crippen molar-refractivity contribution in [2.45, 2.75) is 31.6 Å². The summed E-state index contributed by atoms with van der Waals surface area (Å²) in [4.78, 5) is 3.87. The van der Waals surface area contributed by atoms with Gasteiger partial charge in [-0.05, 0) is 72.8 Å². The summed E-state index contributed by atoms with van der Waals surface area (Å²) in [6, 6.07) is 21.3. The van der Waals surface area contributed by atoms with E-state index < -0.39 is 0 Å². The van der Waals surface area contributed by atoms with Crippen molar-refractivity contribution in [1.82, 2.24) is 4.90 Å². The summed E-state index contributed by atoms with van der Waals surface area (Å²) < 4.78 is 11.5. The lowest BCUT2D eigenvalue weighted by atomic mass is 9.90. The molecule has 1 unspecified atom stereocenters. The summed E-state index contributed by atoms with van der Waals surface area (Å²) in [5.41, 5.74) is 2.51. The number of thiophene rings is 1. The molecular formula is C26H31NO2S. The van der Waals surface area contributed by atoms with Gasteiger partial charge < -0.3 is 9.47 Å². The Hall–Kier alpha value is -2.30. The first-order valence-corrected chi connectivity index (χ1v) is 11.8. The summed E-state index contributed by atoms with van der Waals surface area (Å²) in [6.07, 6.45) is 5.39. The molecule has 158 valence electrons. The molecule has 0 aliphatic carbocycles. The number of methoxy groups -OCH3 is 1. The predicted molar refractivity (Wildman–Crippen MR) is 125 cm³/mol. The second kappa shape index (κ2) is 10.6. The molecule has 4 heteroatoms. The van der Waals surface area contributed by atoms with Crippen molar-refractivity contribution >= 4 is 11.3 Å². The van der Waals surface area contributed by atoms with E-state index in [4.69, 9.17) is 9.47 Å². The van der Waals surface area contributed by atoms with Gasteiger partial charge in [0.25, 0.3) is 0 Å². The number of rotatable bonds is 8. The van der Waals surface area contributed by atoms with Gasteiger partial charge in [0.05, 0.1) is 7.11 Å². The molecule has 1 atom stereocenters. The lowest BCUT2D eigenvalue weighted by Crippen LogP contribution is -2.29. The van der Waals surface area contributed by atoms with Crippen LogP contribution in [0.4, 0.5) is 0 Å². The van der Waals surface area contributed by atoms with Gasteiger partial charge in [0.1, 0.15) is 18.1 Å². The van der Waals surface area contributed by atoms with Crippen LogP contribution in [0.1, 0.15) is 47.6 Å². The van der Waals surface area contributed by atoms with E-state index in [0.29, 0.717) is 0 Å². The second-order valence-electron chi connectivity index (χ2n) is 7.90. The molecule has 1 saturated heterocycles. The molecule has 2 aromatic carbocycles. The third kappa shape index (κ3) is 5.44. The van der Waals surface area contributed by atoms with Gasteiger partial charge in [-0.25, -0.2) is 0 Å². The van der Waals surface area contributed by atoms with Gasteiger partial charge in [-0.2, -0.15) is 0 Å². The number of likely N-dealkylation sites (tertiary alicyclic amines) is 1. The standard InChI is InChI=1S/C26H31NO2S/c1-28-24-9-6-8-22(20-24)26(25-10-7-19-30-25)21-11-13-23(14-12-21)29-18-17-27-15-4-2-3-5-16-27/h6-14,19-20,26H,2-5,15-18H2,1H3. The number of ether oxygens (including phenoxy) is 2. The number of hydrogen-bond acceptors (Lipinski definition) is 4. The zero-order chi connectivity index (χ0) is 20.6. The minimum absolute atomic E-state index is 0.200. The van der Waals surface area contributed by atoms with Gasteiger partial charge in [-0.1, -0.05) is 43.2 Å². The van der Waals surface area contributed by atoms with Gasteiger partial charge in [0, 0.05) is 17.3 Å². The van der Waals surface area contributed by atoms with Gasteiger partial charge in [-0.3, -0.25) is 4.90 Å². The Kier molecular flexibility index (Phi) is 7.44. The molecule has 1 aliphatic heterocycles. The van der Waals surface area contributed by atoms with Crippen LogP contribution in [-0.2, 0) is 0 Å². The van der Waals surface area contributed by atoms with Gasteiger partial charge in [0.15, 0.2) is 0 Å². The zero-order valence-corrected chi connectivity index (χ0v) is 18.6. The van der Waals surface area contributed by atoms with Crippen molar-refractivity contribution in [2.24, 2.45) is 0 Å². The lowest BCUT2D eigenvalue weighted by molar-refractivity contribution is 0.214. The fourth-order valence-electron chi connectivity index (χ4n) is 4.21. The number of hydrogen-bond donors (Lipinski definition) is 0. The molecule has 0 spiro atoms. The van der Waals surface area contributed by atoms with Crippen LogP contribution in [0.3, 0.4) is 0 Å². The second-order valence-corrected chi connectivity index (χ2v) is 8.88. The number of nitrogens with zero attached hydrogens (tertiary/aromatic N) is 1. The maximum atomic E-state index is 6.06. The van der Waals surface area contributed by atoms with Crippen LogP contribution in [0.2, 0.25) is 0 Å². The molecule has 1 fully saturated rings. The van der Waals surface area contributed by atoms with E-state index in [9.17, 15) is 0 Å². The average Bonchev–Trinajstić information content (AvgIpc) is 3.18. The molecule has 0 bridgehead atoms. The van der Waals surface area contributed by atoms with E-state index >= 15 is 0 Å². The first-order valence-electron chi connectivity index (χ1n) is 11.0. The Morgan fingerprint density at radius 1 is 0.867 bits per heavy atom. The fourth-order valence-corrected chi connectivity index (χ4v) is 5.09. The van der Waals surface area contributed by atoms with E-state index in [1.165, 1.54) is 54.8 Å². The summed E-state index contributed by atoms with van der Waals surface area (Å²) in [6.45, 7) is 4.20. The maximum absolute atomic E-state index is 6.06.